The van der Waals surface area contributed by atoms with Gasteiger partial charge in [-0.3, -0.25) is 14.9 Å². The summed E-state index contributed by atoms with van der Waals surface area (Å²) < 4.78 is 11.0. The summed E-state index contributed by atoms with van der Waals surface area (Å²) in [6.07, 6.45) is -4.96. The molecule has 0 spiro atoms. The van der Waals surface area contributed by atoms with E-state index < -0.39 is 48.1 Å². The number of aliphatic hydroxyl groups is 3. The van der Waals surface area contributed by atoms with Gasteiger partial charge in [0.1, 0.15) is 24.4 Å². The molecular formula is C15H20N2O8. The van der Waals surface area contributed by atoms with E-state index in [0.717, 1.165) is 0 Å². The van der Waals surface area contributed by atoms with E-state index in [2.05, 4.69) is 5.32 Å². The third-order valence-corrected chi connectivity index (χ3v) is 3.81. The molecule has 1 aromatic carbocycles. The molecule has 0 aromatic heterocycles. The van der Waals surface area contributed by atoms with Crippen molar-refractivity contribution in [2.24, 2.45) is 0 Å². The van der Waals surface area contributed by atoms with Crippen molar-refractivity contribution in [2.75, 3.05) is 6.61 Å². The van der Waals surface area contributed by atoms with Crippen LogP contribution in [0.4, 0.5) is 5.69 Å². The number of hydrogen-bond donors (Lipinski definition) is 4. The predicted molar refractivity (Wildman–Crippen MR) is 83.3 cm³/mol. The van der Waals surface area contributed by atoms with E-state index in [0.29, 0.717) is 5.56 Å². The minimum absolute atomic E-state index is 0.0142. The first kappa shape index (κ1) is 19.2. The van der Waals surface area contributed by atoms with E-state index in [-0.39, 0.29) is 12.3 Å². The first-order valence-electron chi connectivity index (χ1n) is 7.58. The van der Waals surface area contributed by atoms with Crippen molar-refractivity contribution in [1.29, 1.82) is 0 Å². The maximum Gasteiger partial charge on any atom is 0.269 e. The first-order chi connectivity index (χ1) is 11.8. The molecule has 0 bridgehead atoms. The van der Waals surface area contributed by atoms with Crippen LogP contribution in [0, 0.1) is 10.1 Å². The van der Waals surface area contributed by atoms with Crippen molar-refractivity contribution >= 4 is 11.6 Å². The summed E-state index contributed by atoms with van der Waals surface area (Å²) in [5.41, 5.74) is 0.546. The predicted octanol–water partition coefficient (Wildman–Crippen LogP) is -0.945. The van der Waals surface area contributed by atoms with E-state index in [1.165, 1.54) is 31.2 Å². The fourth-order valence-electron chi connectivity index (χ4n) is 2.51. The monoisotopic (exact) mass is 356 g/mol. The van der Waals surface area contributed by atoms with Crippen molar-refractivity contribution in [3.63, 3.8) is 0 Å². The number of ether oxygens (including phenoxy) is 2. The van der Waals surface area contributed by atoms with Gasteiger partial charge in [0.2, 0.25) is 5.91 Å². The van der Waals surface area contributed by atoms with Crippen LogP contribution in [0.2, 0.25) is 0 Å². The zero-order valence-corrected chi connectivity index (χ0v) is 13.4. The van der Waals surface area contributed by atoms with Gasteiger partial charge in [0.05, 0.1) is 18.1 Å². The van der Waals surface area contributed by atoms with Crippen molar-refractivity contribution in [2.45, 2.75) is 44.2 Å². The Morgan fingerprint density at radius 1 is 1.32 bits per heavy atom. The number of nitrogens with zero attached hydrogens (tertiary/aromatic N) is 1. The van der Waals surface area contributed by atoms with Gasteiger partial charge in [-0.2, -0.15) is 0 Å². The van der Waals surface area contributed by atoms with Crippen molar-refractivity contribution in [3.05, 3.63) is 39.9 Å². The molecule has 1 aromatic rings. The molecule has 0 saturated carbocycles. The Hall–Kier alpha value is -2.11. The van der Waals surface area contributed by atoms with E-state index in [1.807, 2.05) is 0 Å². The largest absolute Gasteiger partial charge is 0.394 e. The van der Waals surface area contributed by atoms with E-state index in [9.17, 15) is 30.2 Å². The Morgan fingerprint density at radius 3 is 2.48 bits per heavy atom. The molecule has 4 N–H and O–H groups in total. The summed E-state index contributed by atoms with van der Waals surface area (Å²) in [5.74, 6) is -0.453. The maximum absolute atomic E-state index is 11.3. The van der Waals surface area contributed by atoms with Crippen LogP contribution in [0.15, 0.2) is 24.3 Å². The molecule has 1 saturated heterocycles. The standard InChI is InChI=1S/C15H20N2O8/c1-8(19)16-12-14(21)13(20)11(6-18)25-15(12)24-7-9-2-4-10(5-3-9)17(22)23/h2-5,11-15,18,20-21H,6-7H2,1H3,(H,16,19). The quantitative estimate of drug-likeness (QED) is 0.376. The average molecular weight is 356 g/mol. The topological polar surface area (TPSA) is 151 Å². The Morgan fingerprint density at radius 2 is 1.96 bits per heavy atom. The number of carbonyl (C=O) groups excluding carboxylic acids is 1. The lowest BCUT2D eigenvalue weighted by atomic mass is 9.97. The van der Waals surface area contributed by atoms with Crippen LogP contribution < -0.4 is 5.32 Å². The minimum Gasteiger partial charge on any atom is -0.394 e. The summed E-state index contributed by atoms with van der Waals surface area (Å²) in [5, 5.41) is 42.4. The van der Waals surface area contributed by atoms with Gasteiger partial charge in [0, 0.05) is 19.1 Å². The van der Waals surface area contributed by atoms with Crippen LogP contribution in [0.5, 0.6) is 0 Å². The number of rotatable bonds is 6. The summed E-state index contributed by atoms with van der Waals surface area (Å²) in [4.78, 5) is 21.4. The summed E-state index contributed by atoms with van der Waals surface area (Å²) >= 11 is 0. The second kappa shape index (κ2) is 8.32. The highest BCUT2D eigenvalue weighted by atomic mass is 16.7. The fourth-order valence-corrected chi connectivity index (χ4v) is 2.51. The third-order valence-electron chi connectivity index (χ3n) is 3.81. The normalized spacial score (nSPS) is 29.2. The van der Waals surface area contributed by atoms with Gasteiger partial charge in [-0.05, 0) is 17.7 Å². The molecule has 1 heterocycles. The number of nitro benzene ring substituents is 1. The summed E-state index contributed by atoms with van der Waals surface area (Å²) in [6, 6.07) is 4.61. The van der Waals surface area contributed by atoms with Gasteiger partial charge in [0.15, 0.2) is 6.29 Å². The molecule has 0 radical (unpaired) electrons. The van der Waals surface area contributed by atoms with Crippen LogP contribution in [0.25, 0.3) is 0 Å². The van der Waals surface area contributed by atoms with Gasteiger partial charge in [-0.1, -0.05) is 0 Å². The highest BCUT2D eigenvalue weighted by molar-refractivity contribution is 5.73. The summed E-state index contributed by atoms with van der Waals surface area (Å²) in [6.45, 7) is 0.687. The second-order valence-corrected chi connectivity index (χ2v) is 5.67. The molecule has 0 aliphatic carbocycles. The third kappa shape index (κ3) is 4.71. The molecule has 1 aliphatic rings. The van der Waals surface area contributed by atoms with E-state index in [4.69, 9.17) is 9.47 Å². The maximum atomic E-state index is 11.3. The Labute approximate surface area is 143 Å². The number of nitro groups is 1. The highest BCUT2D eigenvalue weighted by Gasteiger charge is 2.45. The molecule has 138 valence electrons. The van der Waals surface area contributed by atoms with Crippen LogP contribution in [0.1, 0.15) is 12.5 Å². The molecule has 1 amide bonds. The van der Waals surface area contributed by atoms with Gasteiger partial charge < -0.3 is 30.1 Å². The van der Waals surface area contributed by atoms with Crippen LogP contribution in [-0.4, -0.2) is 63.4 Å². The summed E-state index contributed by atoms with van der Waals surface area (Å²) in [7, 11) is 0. The van der Waals surface area contributed by atoms with Crippen LogP contribution in [0.3, 0.4) is 0 Å². The van der Waals surface area contributed by atoms with Gasteiger partial charge in [-0.15, -0.1) is 0 Å². The zero-order valence-electron chi connectivity index (χ0n) is 13.4. The van der Waals surface area contributed by atoms with E-state index in [1.54, 1.807) is 0 Å². The molecule has 2 rings (SSSR count). The van der Waals surface area contributed by atoms with Crippen LogP contribution in [-0.2, 0) is 20.9 Å². The lowest BCUT2D eigenvalue weighted by molar-refractivity contribution is -0.384. The van der Waals surface area contributed by atoms with E-state index >= 15 is 0 Å². The molecule has 5 unspecified atom stereocenters. The number of amides is 1. The van der Waals surface area contributed by atoms with Gasteiger partial charge in [0.25, 0.3) is 5.69 Å². The molecular weight excluding hydrogens is 336 g/mol. The minimum atomic E-state index is -1.39. The number of hydrogen-bond acceptors (Lipinski definition) is 8. The Bertz CT molecular complexity index is 608. The molecule has 10 nitrogen and oxygen atoms in total. The number of nitrogens with one attached hydrogen (secondary N) is 1. The molecule has 25 heavy (non-hydrogen) atoms. The Balaban J connectivity index is 2.07. The molecule has 1 fully saturated rings. The zero-order chi connectivity index (χ0) is 18.6. The average Bonchev–Trinajstić information content (AvgIpc) is 2.58. The molecule has 10 heteroatoms. The SMILES string of the molecule is CC(=O)NC1C(OCc2ccc([N+](=O)[O-])cc2)OC(CO)C(O)C1O. The number of benzene rings is 1. The van der Waals surface area contributed by atoms with Crippen molar-refractivity contribution in [3.8, 4) is 0 Å². The van der Waals surface area contributed by atoms with Gasteiger partial charge >= 0.3 is 0 Å². The second-order valence-electron chi connectivity index (χ2n) is 5.67. The fraction of sp³-hybridized carbons (Fsp3) is 0.533. The molecule has 1 aliphatic heterocycles. The van der Waals surface area contributed by atoms with Crippen molar-refractivity contribution in [1.82, 2.24) is 5.32 Å². The van der Waals surface area contributed by atoms with Crippen molar-refractivity contribution < 1.29 is 34.5 Å². The number of carbonyl (C=O) groups is 1. The molecule has 5 atom stereocenters. The van der Waals surface area contributed by atoms with Crippen LogP contribution >= 0.6 is 0 Å². The first-order valence-corrected chi connectivity index (χ1v) is 7.58. The smallest absolute Gasteiger partial charge is 0.269 e. The number of aliphatic hydroxyl groups excluding tert-OH is 3. The highest BCUT2D eigenvalue weighted by Crippen LogP contribution is 2.23. The number of non-ortho nitro benzene ring substituents is 1. The van der Waals surface area contributed by atoms with Gasteiger partial charge in [-0.25, -0.2) is 0 Å². The Kier molecular flexibility index (Phi) is 6.39. The lowest BCUT2D eigenvalue weighted by Crippen LogP contribution is -2.64. The lowest BCUT2D eigenvalue weighted by Gasteiger charge is -2.42.